The van der Waals surface area contributed by atoms with Gasteiger partial charge in [-0.15, -0.1) is 0 Å². The SMILES string of the molecule is CCNC(CC)CN1C(=O)CC(C)CC1=O. The molecule has 1 aliphatic heterocycles. The van der Waals surface area contributed by atoms with E-state index < -0.39 is 0 Å². The summed E-state index contributed by atoms with van der Waals surface area (Å²) in [5, 5.41) is 3.29. The summed E-state index contributed by atoms with van der Waals surface area (Å²) < 4.78 is 0. The lowest BCUT2D eigenvalue weighted by Gasteiger charge is -2.31. The Balaban J connectivity index is 2.57. The first kappa shape index (κ1) is 13.2. The summed E-state index contributed by atoms with van der Waals surface area (Å²) in [5.74, 6) is 0.177. The second kappa shape index (κ2) is 5.99. The van der Waals surface area contributed by atoms with Crippen molar-refractivity contribution in [3.63, 3.8) is 0 Å². The fourth-order valence-electron chi connectivity index (χ4n) is 2.08. The van der Waals surface area contributed by atoms with Gasteiger partial charge in [-0.05, 0) is 18.9 Å². The van der Waals surface area contributed by atoms with Crippen molar-refractivity contribution in [2.24, 2.45) is 5.92 Å². The number of hydrogen-bond acceptors (Lipinski definition) is 3. The Hall–Kier alpha value is -0.900. The Labute approximate surface area is 97.4 Å². The quantitative estimate of drug-likeness (QED) is 0.716. The molecule has 92 valence electrons. The minimum atomic E-state index is -0.0138. The molecule has 0 saturated carbocycles. The van der Waals surface area contributed by atoms with Crippen molar-refractivity contribution in [3.05, 3.63) is 0 Å². The summed E-state index contributed by atoms with van der Waals surface area (Å²) in [6.45, 7) is 7.44. The molecule has 1 heterocycles. The lowest BCUT2D eigenvalue weighted by molar-refractivity contribution is -0.150. The minimum absolute atomic E-state index is 0.0138. The first-order valence-electron chi connectivity index (χ1n) is 6.15. The van der Waals surface area contributed by atoms with E-state index >= 15 is 0 Å². The normalized spacial score (nSPS) is 20.3. The van der Waals surface area contributed by atoms with E-state index in [1.54, 1.807) is 0 Å². The van der Waals surface area contributed by atoms with Crippen LogP contribution in [-0.4, -0.2) is 35.8 Å². The zero-order valence-corrected chi connectivity index (χ0v) is 10.5. The van der Waals surface area contributed by atoms with Gasteiger partial charge >= 0.3 is 0 Å². The van der Waals surface area contributed by atoms with Gasteiger partial charge in [0, 0.05) is 25.4 Å². The monoisotopic (exact) mass is 226 g/mol. The number of amides is 2. The van der Waals surface area contributed by atoms with Crippen LogP contribution in [0, 0.1) is 5.92 Å². The molecule has 1 atom stereocenters. The van der Waals surface area contributed by atoms with Crippen LogP contribution < -0.4 is 5.32 Å². The van der Waals surface area contributed by atoms with Crippen LogP contribution in [0.2, 0.25) is 0 Å². The first-order valence-corrected chi connectivity index (χ1v) is 6.15. The van der Waals surface area contributed by atoms with Gasteiger partial charge < -0.3 is 5.32 Å². The predicted molar refractivity (Wildman–Crippen MR) is 62.9 cm³/mol. The Morgan fingerprint density at radius 1 is 1.31 bits per heavy atom. The van der Waals surface area contributed by atoms with Crippen molar-refractivity contribution in [2.45, 2.75) is 46.1 Å². The van der Waals surface area contributed by atoms with Crippen LogP contribution in [0.25, 0.3) is 0 Å². The number of imide groups is 1. The van der Waals surface area contributed by atoms with Crippen LogP contribution >= 0.6 is 0 Å². The number of hydrogen-bond donors (Lipinski definition) is 1. The Morgan fingerprint density at radius 2 is 1.88 bits per heavy atom. The number of likely N-dealkylation sites (tertiary alicyclic amines) is 1. The summed E-state index contributed by atoms with van der Waals surface area (Å²) in [7, 11) is 0. The van der Waals surface area contributed by atoms with Gasteiger partial charge in [0.2, 0.25) is 11.8 Å². The van der Waals surface area contributed by atoms with E-state index in [-0.39, 0.29) is 23.8 Å². The fraction of sp³-hybridized carbons (Fsp3) is 0.833. The third-order valence-corrected chi connectivity index (χ3v) is 3.04. The van der Waals surface area contributed by atoms with E-state index in [1.165, 1.54) is 4.90 Å². The molecular weight excluding hydrogens is 204 g/mol. The molecular formula is C12H22N2O2. The molecule has 0 aromatic rings. The van der Waals surface area contributed by atoms with Gasteiger partial charge in [0.05, 0.1) is 0 Å². The van der Waals surface area contributed by atoms with Gasteiger partial charge in [-0.1, -0.05) is 20.8 Å². The van der Waals surface area contributed by atoms with Crippen LogP contribution in [0.4, 0.5) is 0 Å². The topological polar surface area (TPSA) is 49.4 Å². The maximum atomic E-state index is 11.7. The van der Waals surface area contributed by atoms with Gasteiger partial charge in [-0.2, -0.15) is 0 Å². The highest BCUT2D eigenvalue weighted by Crippen LogP contribution is 2.19. The Bertz CT molecular complexity index is 248. The molecule has 0 aromatic heterocycles. The van der Waals surface area contributed by atoms with Crippen LogP contribution in [-0.2, 0) is 9.59 Å². The highest BCUT2D eigenvalue weighted by molar-refractivity contribution is 5.97. The van der Waals surface area contributed by atoms with Crippen LogP contribution in [0.5, 0.6) is 0 Å². The van der Waals surface area contributed by atoms with Crippen molar-refractivity contribution in [1.82, 2.24) is 10.2 Å². The van der Waals surface area contributed by atoms with Crippen molar-refractivity contribution >= 4 is 11.8 Å². The van der Waals surface area contributed by atoms with Gasteiger partial charge in [0.1, 0.15) is 0 Å². The summed E-state index contributed by atoms with van der Waals surface area (Å²) in [5.41, 5.74) is 0. The lowest BCUT2D eigenvalue weighted by Crippen LogP contribution is -2.49. The largest absolute Gasteiger partial charge is 0.312 e. The third kappa shape index (κ3) is 3.30. The van der Waals surface area contributed by atoms with Crippen LogP contribution in [0.15, 0.2) is 0 Å². The average molecular weight is 226 g/mol. The maximum Gasteiger partial charge on any atom is 0.229 e. The van der Waals surface area contributed by atoms with Gasteiger partial charge in [0.15, 0.2) is 0 Å². The van der Waals surface area contributed by atoms with E-state index in [4.69, 9.17) is 0 Å². The first-order chi connectivity index (χ1) is 7.58. The molecule has 0 spiro atoms. The van der Waals surface area contributed by atoms with E-state index in [0.717, 1.165) is 13.0 Å². The van der Waals surface area contributed by atoms with Gasteiger partial charge in [-0.3, -0.25) is 14.5 Å². The number of carbonyl (C=O) groups excluding carboxylic acids is 2. The number of nitrogens with one attached hydrogen (secondary N) is 1. The van der Waals surface area contributed by atoms with Crippen LogP contribution in [0.1, 0.15) is 40.0 Å². The fourth-order valence-corrected chi connectivity index (χ4v) is 2.08. The zero-order chi connectivity index (χ0) is 12.1. The predicted octanol–water partition coefficient (Wildman–Crippen LogP) is 1.16. The molecule has 0 bridgehead atoms. The smallest absolute Gasteiger partial charge is 0.229 e. The standard InChI is InChI=1S/C12H22N2O2/c1-4-10(13-5-2)8-14-11(15)6-9(3)7-12(14)16/h9-10,13H,4-8H2,1-3H3. The van der Waals surface area contributed by atoms with Crippen molar-refractivity contribution in [3.8, 4) is 0 Å². The van der Waals surface area contributed by atoms with E-state index in [2.05, 4.69) is 12.2 Å². The molecule has 1 saturated heterocycles. The number of likely N-dealkylation sites (N-methyl/N-ethyl adjacent to an activating group) is 1. The van der Waals surface area contributed by atoms with E-state index in [1.807, 2.05) is 13.8 Å². The molecule has 0 aromatic carbocycles. The molecule has 1 aliphatic rings. The van der Waals surface area contributed by atoms with Crippen molar-refractivity contribution in [1.29, 1.82) is 0 Å². The Kier molecular flexibility index (Phi) is 4.93. The Morgan fingerprint density at radius 3 is 2.31 bits per heavy atom. The molecule has 1 fully saturated rings. The summed E-state index contributed by atoms with van der Waals surface area (Å²) in [6.07, 6.45) is 1.95. The molecule has 2 amide bonds. The van der Waals surface area contributed by atoms with E-state index in [9.17, 15) is 9.59 Å². The number of carbonyl (C=O) groups is 2. The van der Waals surface area contributed by atoms with Crippen molar-refractivity contribution in [2.75, 3.05) is 13.1 Å². The summed E-state index contributed by atoms with van der Waals surface area (Å²) in [6, 6.07) is 0.228. The molecule has 1 rings (SSSR count). The minimum Gasteiger partial charge on any atom is -0.312 e. The van der Waals surface area contributed by atoms with Crippen molar-refractivity contribution < 1.29 is 9.59 Å². The highest BCUT2D eigenvalue weighted by Gasteiger charge is 2.31. The summed E-state index contributed by atoms with van der Waals surface area (Å²) >= 11 is 0. The lowest BCUT2D eigenvalue weighted by atomic mass is 9.97. The molecule has 16 heavy (non-hydrogen) atoms. The summed E-state index contributed by atoms with van der Waals surface area (Å²) in [4.78, 5) is 24.9. The maximum absolute atomic E-state index is 11.7. The molecule has 1 N–H and O–H groups in total. The second-order valence-corrected chi connectivity index (χ2v) is 4.57. The zero-order valence-electron chi connectivity index (χ0n) is 10.5. The average Bonchev–Trinajstić information content (AvgIpc) is 2.21. The van der Waals surface area contributed by atoms with E-state index in [0.29, 0.717) is 19.4 Å². The number of nitrogens with zero attached hydrogens (tertiary/aromatic N) is 1. The van der Waals surface area contributed by atoms with Crippen LogP contribution in [0.3, 0.4) is 0 Å². The molecule has 1 unspecified atom stereocenters. The number of rotatable bonds is 5. The highest BCUT2D eigenvalue weighted by atomic mass is 16.2. The third-order valence-electron chi connectivity index (χ3n) is 3.04. The van der Waals surface area contributed by atoms with Gasteiger partial charge in [0.25, 0.3) is 0 Å². The molecule has 4 heteroatoms. The molecule has 0 radical (unpaired) electrons. The second-order valence-electron chi connectivity index (χ2n) is 4.57. The number of piperidine rings is 1. The molecule has 0 aliphatic carbocycles. The molecule has 4 nitrogen and oxygen atoms in total. The van der Waals surface area contributed by atoms with Gasteiger partial charge in [-0.25, -0.2) is 0 Å².